The Balaban J connectivity index is 2.65. The van der Waals surface area contributed by atoms with Crippen molar-refractivity contribution in [1.29, 1.82) is 0 Å². The number of carbonyl (C=O) groups is 1. The van der Waals surface area contributed by atoms with E-state index in [1.165, 1.54) is 0 Å². The number of hydrogen-bond acceptors (Lipinski definition) is 1. The second kappa shape index (κ2) is 5.07. The highest BCUT2D eigenvalue weighted by atomic mass is 79.9. The quantitative estimate of drug-likeness (QED) is 0.614. The minimum atomic E-state index is -5.85. The normalized spacial score (nSPS) is 26.7. The Kier molecular flexibility index (Phi) is 4.38. The molecule has 17 heavy (non-hydrogen) atoms. The first-order chi connectivity index (χ1) is 7.66. The second-order valence-corrected chi connectivity index (χ2v) is 5.13. The molecule has 2 atom stereocenters. The van der Waals surface area contributed by atoms with E-state index in [9.17, 15) is 26.7 Å². The highest BCUT2D eigenvalue weighted by Gasteiger charge is 2.63. The number of carbonyl (C=O) groups excluding carboxylic acids is 1. The van der Waals surface area contributed by atoms with Gasteiger partial charge in [-0.3, -0.25) is 4.79 Å². The Morgan fingerprint density at radius 2 is 1.65 bits per heavy atom. The van der Waals surface area contributed by atoms with Crippen LogP contribution < -0.4 is 5.32 Å². The van der Waals surface area contributed by atoms with Crippen LogP contribution in [0.15, 0.2) is 0 Å². The van der Waals surface area contributed by atoms with Gasteiger partial charge in [-0.25, -0.2) is 0 Å². The topological polar surface area (TPSA) is 29.1 Å². The molecular formula is C9H11BrF5NO. The van der Waals surface area contributed by atoms with Crippen molar-refractivity contribution in [3.8, 4) is 0 Å². The van der Waals surface area contributed by atoms with Crippen LogP contribution in [0.5, 0.6) is 0 Å². The molecule has 100 valence electrons. The van der Waals surface area contributed by atoms with Gasteiger partial charge in [-0.05, 0) is 12.8 Å². The molecular weight excluding hydrogens is 313 g/mol. The number of halogens is 6. The van der Waals surface area contributed by atoms with E-state index in [-0.39, 0.29) is 4.83 Å². The van der Waals surface area contributed by atoms with Gasteiger partial charge in [-0.15, -0.1) is 0 Å². The molecule has 1 amide bonds. The molecule has 0 aromatic rings. The standard InChI is InChI=1S/C9H11BrF5NO/c10-5-3-1-2-4-6(5)16-7(17)8(11,12)9(13,14)15/h5-6H,1-4H2,(H,16,17). The van der Waals surface area contributed by atoms with Gasteiger partial charge in [0, 0.05) is 10.9 Å². The summed E-state index contributed by atoms with van der Waals surface area (Å²) in [7, 11) is 0. The van der Waals surface area contributed by atoms with E-state index in [0.29, 0.717) is 19.3 Å². The predicted molar refractivity (Wildman–Crippen MR) is 54.1 cm³/mol. The van der Waals surface area contributed by atoms with Crippen molar-refractivity contribution in [2.24, 2.45) is 0 Å². The average molecular weight is 324 g/mol. The predicted octanol–water partition coefficient (Wildman–Crippen LogP) is 3.01. The smallest absolute Gasteiger partial charge is 0.347 e. The lowest BCUT2D eigenvalue weighted by atomic mass is 9.95. The summed E-state index contributed by atoms with van der Waals surface area (Å²) in [6, 6.07) is -0.676. The summed E-state index contributed by atoms with van der Waals surface area (Å²) in [5, 5.41) is 1.76. The zero-order chi connectivity index (χ0) is 13.3. The lowest BCUT2D eigenvalue weighted by Gasteiger charge is -2.30. The largest absolute Gasteiger partial charge is 0.463 e. The van der Waals surface area contributed by atoms with Crippen molar-refractivity contribution < 1.29 is 26.7 Å². The van der Waals surface area contributed by atoms with E-state index in [4.69, 9.17) is 0 Å². The van der Waals surface area contributed by atoms with Gasteiger partial charge in [0.1, 0.15) is 0 Å². The van der Waals surface area contributed by atoms with E-state index in [0.717, 1.165) is 6.42 Å². The average Bonchev–Trinajstić information content (AvgIpc) is 2.19. The van der Waals surface area contributed by atoms with Crippen LogP contribution in [0.3, 0.4) is 0 Å². The summed E-state index contributed by atoms with van der Waals surface area (Å²) in [6.45, 7) is 0. The molecule has 0 radical (unpaired) electrons. The van der Waals surface area contributed by atoms with Crippen molar-refractivity contribution in [3.05, 3.63) is 0 Å². The first kappa shape index (κ1) is 14.7. The molecule has 1 aliphatic rings. The fraction of sp³-hybridized carbons (Fsp3) is 0.889. The number of nitrogens with one attached hydrogen (secondary N) is 1. The molecule has 0 bridgehead atoms. The highest BCUT2D eigenvalue weighted by molar-refractivity contribution is 9.09. The van der Waals surface area contributed by atoms with Gasteiger partial charge in [-0.2, -0.15) is 22.0 Å². The summed E-state index contributed by atoms with van der Waals surface area (Å²) in [4.78, 5) is 10.7. The van der Waals surface area contributed by atoms with Gasteiger partial charge < -0.3 is 5.32 Å². The Labute approximate surface area is 103 Å². The fourth-order valence-corrected chi connectivity index (χ4v) is 2.36. The summed E-state index contributed by atoms with van der Waals surface area (Å²) >= 11 is 3.16. The Morgan fingerprint density at radius 1 is 1.12 bits per heavy atom. The van der Waals surface area contributed by atoms with Gasteiger partial charge in [-0.1, -0.05) is 28.8 Å². The molecule has 0 spiro atoms. The van der Waals surface area contributed by atoms with Gasteiger partial charge in [0.15, 0.2) is 0 Å². The molecule has 1 rings (SSSR count). The van der Waals surface area contributed by atoms with Crippen LogP contribution in [-0.2, 0) is 4.79 Å². The third kappa shape index (κ3) is 3.29. The maximum absolute atomic E-state index is 12.7. The zero-order valence-corrected chi connectivity index (χ0v) is 10.2. The van der Waals surface area contributed by atoms with Gasteiger partial charge in [0.2, 0.25) is 0 Å². The second-order valence-electron chi connectivity index (χ2n) is 3.95. The molecule has 0 saturated heterocycles. The van der Waals surface area contributed by atoms with Gasteiger partial charge >= 0.3 is 18.0 Å². The van der Waals surface area contributed by atoms with Crippen LogP contribution in [0, 0.1) is 0 Å². The van der Waals surface area contributed by atoms with Crippen LogP contribution in [0.25, 0.3) is 0 Å². The van der Waals surface area contributed by atoms with E-state index in [1.54, 1.807) is 5.32 Å². The molecule has 1 aliphatic carbocycles. The Bertz CT molecular complexity index is 294. The summed E-state index contributed by atoms with van der Waals surface area (Å²) < 4.78 is 61.0. The molecule has 1 N–H and O–H groups in total. The molecule has 0 heterocycles. The van der Waals surface area contributed by atoms with E-state index < -0.39 is 24.0 Å². The van der Waals surface area contributed by atoms with Crippen molar-refractivity contribution in [2.45, 2.75) is 48.7 Å². The van der Waals surface area contributed by atoms with Gasteiger partial charge in [0.05, 0.1) is 0 Å². The molecule has 2 unspecified atom stereocenters. The van der Waals surface area contributed by atoms with Crippen LogP contribution in [0.4, 0.5) is 22.0 Å². The van der Waals surface area contributed by atoms with Crippen molar-refractivity contribution in [1.82, 2.24) is 5.32 Å². The monoisotopic (exact) mass is 323 g/mol. The fourth-order valence-electron chi connectivity index (χ4n) is 1.64. The van der Waals surface area contributed by atoms with Crippen LogP contribution >= 0.6 is 15.9 Å². The first-order valence-corrected chi connectivity index (χ1v) is 5.97. The number of alkyl halides is 6. The van der Waals surface area contributed by atoms with Crippen molar-refractivity contribution in [3.63, 3.8) is 0 Å². The summed E-state index contributed by atoms with van der Waals surface area (Å²) in [5.74, 6) is -7.61. The lowest BCUT2D eigenvalue weighted by Crippen LogP contribution is -2.55. The van der Waals surface area contributed by atoms with E-state index >= 15 is 0 Å². The van der Waals surface area contributed by atoms with Crippen molar-refractivity contribution in [2.75, 3.05) is 0 Å². The third-order valence-electron chi connectivity index (χ3n) is 2.64. The SMILES string of the molecule is O=C(NC1CCCCC1Br)C(F)(F)C(F)(F)F. The van der Waals surface area contributed by atoms with Crippen LogP contribution in [-0.4, -0.2) is 28.9 Å². The van der Waals surface area contributed by atoms with Crippen molar-refractivity contribution >= 4 is 21.8 Å². The Morgan fingerprint density at radius 3 is 2.12 bits per heavy atom. The summed E-state index contributed by atoms with van der Waals surface area (Å²) in [6.07, 6.45) is -3.26. The molecule has 2 nitrogen and oxygen atoms in total. The maximum Gasteiger partial charge on any atom is 0.463 e. The molecule has 1 fully saturated rings. The minimum Gasteiger partial charge on any atom is -0.347 e. The number of hydrogen-bond donors (Lipinski definition) is 1. The molecule has 1 saturated carbocycles. The first-order valence-electron chi connectivity index (χ1n) is 5.06. The summed E-state index contributed by atoms with van der Waals surface area (Å²) in [5.41, 5.74) is 0. The van der Waals surface area contributed by atoms with Gasteiger partial charge in [0.25, 0.3) is 0 Å². The molecule has 0 aromatic heterocycles. The van der Waals surface area contributed by atoms with E-state index in [2.05, 4.69) is 15.9 Å². The maximum atomic E-state index is 12.7. The zero-order valence-electron chi connectivity index (χ0n) is 8.66. The number of rotatable bonds is 2. The minimum absolute atomic E-state index is 0.260. The van der Waals surface area contributed by atoms with E-state index in [1.807, 2.05) is 0 Å². The Hall–Kier alpha value is -0.400. The lowest BCUT2D eigenvalue weighted by molar-refractivity contribution is -0.270. The van der Waals surface area contributed by atoms with Crippen LogP contribution in [0.1, 0.15) is 25.7 Å². The van der Waals surface area contributed by atoms with Crippen LogP contribution in [0.2, 0.25) is 0 Å². The highest BCUT2D eigenvalue weighted by Crippen LogP contribution is 2.36. The number of amides is 1. The third-order valence-corrected chi connectivity index (χ3v) is 3.74. The molecule has 0 aliphatic heterocycles. The molecule has 0 aromatic carbocycles. The molecule has 8 heteroatoms.